The number of ether oxygens (including phenoxy) is 1. The molecule has 0 aliphatic carbocycles. The second-order valence-corrected chi connectivity index (χ2v) is 7.80. The lowest BCUT2D eigenvalue weighted by Crippen LogP contribution is -2.48. The van der Waals surface area contributed by atoms with E-state index in [-0.39, 0.29) is 34.5 Å². The SMILES string of the molecule is CCSC1(CNC(=NC)NCCc2cc(F)ccc2F)CCOCC1.I. The Morgan fingerprint density at radius 3 is 2.65 bits per heavy atom. The van der Waals surface area contributed by atoms with Crippen LogP contribution in [-0.4, -0.2) is 49.8 Å². The van der Waals surface area contributed by atoms with E-state index in [9.17, 15) is 8.78 Å². The number of hydrogen-bond donors (Lipinski definition) is 2. The molecule has 148 valence electrons. The van der Waals surface area contributed by atoms with E-state index in [1.807, 2.05) is 11.8 Å². The van der Waals surface area contributed by atoms with Gasteiger partial charge in [0.2, 0.25) is 0 Å². The smallest absolute Gasteiger partial charge is 0.191 e. The highest BCUT2D eigenvalue weighted by Gasteiger charge is 2.32. The summed E-state index contributed by atoms with van der Waals surface area (Å²) in [5.74, 6) is 0.940. The number of guanidine groups is 1. The number of aliphatic imine (C=N–C) groups is 1. The zero-order valence-electron chi connectivity index (χ0n) is 15.3. The van der Waals surface area contributed by atoms with E-state index in [0.29, 0.717) is 24.5 Å². The van der Waals surface area contributed by atoms with Gasteiger partial charge in [0.25, 0.3) is 0 Å². The van der Waals surface area contributed by atoms with Gasteiger partial charge in [-0.15, -0.1) is 24.0 Å². The van der Waals surface area contributed by atoms with Gasteiger partial charge < -0.3 is 15.4 Å². The van der Waals surface area contributed by atoms with Crippen molar-refractivity contribution in [1.29, 1.82) is 0 Å². The molecule has 0 unspecified atom stereocenters. The summed E-state index contributed by atoms with van der Waals surface area (Å²) in [4.78, 5) is 4.22. The molecule has 1 aliphatic heterocycles. The van der Waals surface area contributed by atoms with Gasteiger partial charge in [-0.2, -0.15) is 11.8 Å². The third kappa shape index (κ3) is 7.19. The lowest BCUT2D eigenvalue weighted by Gasteiger charge is -2.37. The lowest BCUT2D eigenvalue weighted by atomic mass is 9.99. The number of halogens is 3. The van der Waals surface area contributed by atoms with Crippen LogP contribution in [0.25, 0.3) is 0 Å². The number of rotatable bonds is 7. The number of nitrogens with zero attached hydrogens (tertiary/aromatic N) is 1. The fraction of sp³-hybridized carbons (Fsp3) is 0.611. The third-order valence-corrected chi connectivity index (χ3v) is 5.80. The third-order valence-electron chi connectivity index (χ3n) is 4.35. The van der Waals surface area contributed by atoms with Crippen LogP contribution in [0.3, 0.4) is 0 Å². The van der Waals surface area contributed by atoms with E-state index in [0.717, 1.165) is 50.5 Å². The van der Waals surface area contributed by atoms with Gasteiger partial charge in [-0.1, -0.05) is 6.92 Å². The molecular formula is C18H28F2IN3OS. The second kappa shape index (κ2) is 12.0. The Kier molecular flexibility index (Phi) is 10.8. The zero-order valence-corrected chi connectivity index (χ0v) is 18.5. The van der Waals surface area contributed by atoms with Crippen molar-refractivity contribution in [3.8, 4) is 0 Å². The van der Waals surface area contributed by atoms with Crippen molar-refractivity contribution in [3.05, 3.63) is 35.4 Å². The molecule has 0 amide bonds. The van der Waals surface area contributed by atoms with Gasteiger partial charge in [-0.25, -0.2) is 8.78 Å². The number of thioether (sulfide) groups is 1. The molecule has 0 radical (unpaired) electrons. The van der Waals surface area contributed by atoms with E-state index in [4.69, 9.17) is 4.74 Å². The van der Waals surface area contributed by atoms with E-state index < -0.39 is 5.82 Å². The molecule has 1 aromatic carbocycles. The van der Waals surface area contributed by atoms with Gasteiger partial charge in [0, 0.05) is 38.1 Å². The first-order valence-corrected chi connectivity index (χ1v) is 9.67. The maximum Gasteiger partial charge on any atom is 0.191 e. The maximum absolute atomic E-state index is 13.6. The van der Waals surface area contributed by atoms with Crippen LogP contribution in [0.15, 0.2) is 23.2 Å². The Labute approximate surface area is 176 Å². The molecular weight excluding hydrogens is 471 g/mol. The van der Waals surface area contributed by atoms with Gasteiger partial charge >= 0.3 is 0 Å². The monoisotopic (exact) mass is 499 g/mol. The maximum atomic E-state index is 13.6. The van der Waals surface area contributed by atoms with Gasteiger partial charge in [-0.3, -0.25) is 4.99 Å². The van der Waals surface area contributed by atoms with Gasteiger partial charge in [0.15, 0.2) is 5.96 Å². The fourth-order valence-corrected chi connectivity index (χ4v) is 4.18. The first kappa shape index (κ1) is 23.4. The second-order valence-electron chi connectivity index (χ2n) is 6.07. The van der Waals surface area contributed by atoms with E-state index in [1.165, 1.54) is 6.07 Å². The summed E-state index contributed by atoms with van der Waals surface area (Å²) < 4.78 is 32.5. The van der Waals surface area contributed by atoms with Crippen LogP contribution in [0.2, 0.25) is 0 Å². The Morgan fingerprint density at radius 2 is 2.00 bits per heavy atom. The molecule has 1 saturated heterocycles. The topological polar surface area (TPSA) is 45.7 Å². The Balaban J connectivity index is 0.00000338. The lowest BCUT2D eigenvalue weighted by molar-refractivity contribution is 0.0782. The number of nitrogens with one attached hydrogen (secondary N) is 2. The summed E-state index contributed by atoms with van der Waals surface area (Å²) in [6.45, 7) is 5.04. The molecule has 1 aliphatic rings. The van der Waals surface area contributed by atoms with Crippen molar-refractivity contribution in [3.63, 3.8) is 0 Å². The molecule has 1 heterocycles. The predicted molar refractivity (Wildman–Crippen MR) is 116 cm³/mol. The highest BCUT2D eigenvalue weighted by molar-refractivity contribution is 14.0. The summed E-state index contributed by atoms with van der Waals surface area (Å²) in [6.07, 6.45) is 2.43. The summed E-state index contributed by atoms with van der Waals surface area (Å²) >= 11 is 1.96. The molecule has 0 aromatic heterocycles. The van der Waals surface area contributed by atoms with Crippen molar-refractivity contribution in [2.45, 2.75) is 30.9 Å². The average molecular weight is 499 g/mol. The van der Waals surface area contributed by atoms with Crippen LogP contribution in [-0.2, 0) is 11.2 Å². The number of hydrogen-bond acceptors (Lipinski definition) is 3. The molecule has 4 nitrogen and oxygen atoms in total. The molecule has 0 atom stereocenters. The van der Waals surface area contributed by atoms with Gasteiger partial charge in [0.05, 0.1) is 0 Å². The van der Waals surface area contributed by atoms with Gasteiger partial charge in [0.1, 0.15) is 11.6 Å². The molecule has 2 N–H and O–H groups in total. The molecule has 8 heteroatoms. The Hall–Kier alpha value is -0.610. The molecule has 26 heavy (non-hydrogen) atoms. The van der Waals surface area contributed by atoms with Crippen molar-refractivity contribution < 1.29 is 13.5 Å². The van der Waals surface area contributed by atoms with Crippen LogP contribution >= 0.6 is 35.7 Å². The number of benzene rings is 1. The molecule has 0 spiro atoms. The molecule has 0 bridgehead atoms. The summed E-state index contributed by atoms with van der Waals surface area (Å²) in [5, 5.41) is 6.54. The van der Waals surface area contributed by atoms with Crippen molar-refractivity contribution in [2.24, 2.45) is 4.99 Å². The highest BCUT2D eigenvalue weighted by atomic mass is 127. The Morgan fingerprint density at radius 1 is 1.27 bits per heavy atom. The highest BCUT2D eigenvalue weighted by Crippen LogP contribution is 2.34. The minimum absolute atomic E-state index is 0. The minimum Gasteiger partial charge on any atom is -0.381 e. The Bertz CT molecular complexity index is 578. The van der Waals surface area contributed by atoms with E-state index in [2.05, 4.69) is 22.5 Å². The van der Waals surface area contributed by atoms with E-state index in [1.54, 1.807) is 7.05 Å². The average Bonchev–Trinajstić information content (AvgIpc) is 2.62. The predicted octanol–water partition coefficient (Wildman–Crippen LogP) is 3.59. The largest absolute Gasteiger partial charge is 0.381 e. The van der Waals surface area contributed by atoms with Crippen LogP contribution in [0.5, 0.6) is 0 Å². The standard InChI is InChI=1S/C18H27F2N3OS.HI/c1-3-25-18(7-10-24-11-8-18)13-23-17(21-2)22-9-6-14-12-15(19)4-5-16(14)20;/h4-5,12H,3,6-11,13H2,1-2H3,(H2,21,22,23);1H. The summed E-state index contributed by atoms with van der Waals surface area (Å²) in [5.41, 5.74) is 0.366. The fourth-order valence-electron chi connectivity index (χ4n) is 2.94. The minimum atomic E-state index is -0.419. The van der Waals surface area contributed by atoms with Crippen molar-refractivity contribution in [2.75, 3.05) is 39.1 Å². The van der Waals surface area contributed by atoms with Crippen LogP contribution in [0, 0.1) is 11.6 Å². The first-order chi connectivity index (χ1) is 12.1. The molecule has 1 fully saturated rings. The molecule has 0 saturated carbocycles. The molecule has 1 aromatic rings. The molecule has 2 rings (SSSR count). The van der Waals surface area contributed by atoms with Crippen LogP contribution < -0.4 is 10.6 Å². The van der Waals surface area contributed by atoms with Crippen LogP contribution in [0.1, 0.15) is 25.3 Å². The first-order valence-electron chi connectivity index (χ1n) is 8.69. The summed E-state index contributed by atoms with van der Waals surface area (Å²) in [7, 11) is 1.71. The van der Waals surface area contributed by atoms with Crippen molar-refractivity contribution >= 4 is 41.7 Å². The van der Waals surface area contributed by atoms with Crippen LogP contribution in [0.4, 0.5) is 8.78 Å². The van der Waals surface area contributed by atoms with Crippen molar-refractivity contribution in [1.82, 2.24) is 10.6 Å². The quantitative estimate of drug-likeness (QED) is 0.342. The van der Waals surface area contributed by atoms with E-state index >= 15 is 0 Å². The normalized spacial score (nSPS) is 16.7. The zero-order chi connectivity index (χ0) is 18.1. The summed E-state index contributed by atoms with van der Waals surface area (Å²) in [6, 6.07) is 3.53. The van der Waals surface area contributed by atoms with Gasteiger partial charge in [-0.05, 0) is 48.8 Å².